The van der Waals surface area contributed by atoms with Gasteiger partial charge >= 0.3 is 0 Å². The van der Waals surface area contributed by atoms with E-state index in [9.17, 15) is 9.90 Å². The smallest absolute Gasteiger partial charge is 0.243 e. The van der Waals surface area contributed by atoms with Crippen LogP contribution in [0.15, 0.2) is 12.2 Å². The van der Waals surface area contributed by atoms with Crippen LogP contribution in [0.1, 0.15) is 13.3 Å². The van der Waals surface area contributed by atoms with Gasteiger partial charge in [-0.05, 0) is 19.4 Å². The summed E-state index contributed by atoms with van der Waals surface area (Å²) >= 11 is 0. The Hall–Kier alpha value is -0.870. The monoisotopic (exact) mass is 200 g/mol. The van der Waals surface area contributed by atoms with Gasteiger partial charge in [-0.25, -0.2) is 0 Å². The van der Waals surface area contributed by atoms with E-state index < -0.39 is 6.10 Å². The number of aliphatic hydroxyl groups is 1. The highest BCUT2D eigenvalue weighted by atomic mass is 16.5. The highest BCUT2D eigenvalue weighted by Gasteiger charge is 2.04. The lowest BCUT2D eigenvalue weighted by Gasteiger charge is -2.10. The molecule has 0 saturated carbocycles. The summed E-state index contributed by atoms with van der Waals surface area (Å²) in [7, 11) is 0. The van der Waals surface area contributed by atoms with E-state index >= 15 is 0 Å². The number of hydrogen-bond donors (Lipinski definition) is 2. The van der Waals surface area contributed by atoms with E-state index in [1.165, 1.54) is 6.08 Å². The molecule has 0 aromatic carbocycles. The van der Waals surface area contributed by atoms with Crippen molar-refractivity contribution in [3.8, 4) is 0 Å². The van der Waals surface area contributed by atoms with Gasteiger partial charge in [-0.15, -0.1) is 0 Å². The van der Waals surface area contributed by atoms with Crippen LogP contribution in [0.2, 0.25) is 0 Å². The summed E-state index contributed by atoms with van der Waals surface area (Å²) in [5.74, 6) is -0.205. The second-order valence-electron chi connectivity index (χ2n) is 2.83. The zero-order valence-corrected chi connectivity index (χ0v) is 8.53. The lowest BCUT2D eigenvalue weighted by atomic mass is 10.3. The van der Waals surface area contributed by atoms with Gasteiger partial charge in [-0.1, -0.05) is 13.0 Å². The largest absolute Gasteiger partial charge is 0.389 e. The Labute approximate surface area is 85.0 Å². The zero-order valence-electron chi connectivity index (χ0n) is 8.53. The van der Waals surface area contributed by atoms with Crippen LogP contribution in [0.25, 0.3) is 0 Å². The normalized spacial score (nSPS) is 13.1. The van der Waals surface area contributed by atoms with E-state index in [2.05, 4.69) is 12.2 Å². The molecule has 2 N–H and O–H groups in total. The van der Waals surface area contributed by atoms with Crippen molar-refractivity contribution in [3.05, 3.63) is 19.1 Å². The average molecular weight is 200 g/mol. The molecule has 0 aliphatic carbocycles. The topological polar surface area (TPSA) is 58.6 Å². The first-order valence-electron chi connectivity index (χ1n) is 4.66. The molecule has 0 fully saturated rings. The summed E-state index contributed by atoms with van der Waals surface area (Å²) in [6.45, 7) is 6.32. The first kappa shape index (κ1) is 13.1. The van der Waals surface area contributed by atoms with Gasteiger partial charge in [0, 0.05) is 13.2 Å². The summed E-state index contributed by atoms with van der Waals surface area (Å²) in [6, 6.07) is 0. The highest BCUT2D eigenvalue weighted by Crippen LogP contribution is 1.86. The van der Waals surface area contributed by atoms with E-state index in [1.54, 1.807) is 13.0 Å². The maximum Gasteiger partial charge on any atom is 0.243 e. The minimum atomic E-state index is -0.657. The van der Waals surface area contributed by atoms with Gasteiger partial charge in [0.25, 0.3) is 0 Å². The number of carbonyl (C=O) groups excluding carboxylic acids is 1. The predicted octanol–water partition coefficient (Wildman–Crippen LogP) is 0.280. The van der Waals surface area contributed by atoms with E-state index in [0.29, 0.717) is 13.0 Å². The predicted molar refractivity (Wildman–Crippen MR) is 54.6 cm³/mol. The van der Waals surface area contributed by atoms with Crippen molar-refractivity contribution in [3.63, 3.8) is 0 Å². The Morgan fingerprint density at radius 2 is 2.43 bits per heavy atom. The fraction of sp³-hybridized carbons (Fsp3) is 0.600. The van der Waals surface area contributed by atoms with Crippen molar-refractivity contribution < 1.29 is 14.6 Å². The molecule has 14 heavy (non-hydrogen) atoms. The van der Waals surface area contributed by atoms with Crippen molar-refractivity contribution >= 4 is 5.91 Å². The van der Waals surface area contributed by atoms with E-state index in [4.69, 9.17) is 4.74 Å². The van der Waals surface area contributed by atoms with E-state index in [0.717, 1.165) is 0 Å². The van der Waals surface area contributed by atoms with Crippen LogP contribution >= 0.6 is 0 Å². The maximum absolute atomic E-state index is 10.9. The average Bonchev–Trinajstić information content (AvgIpc) is 2.16. The van der Waals surface area contributed by atoms with Crippen LogP contribution in [-0.2, 0) is 9.53 Å². The number of aliphatic hydroxyl groups excluding tert-OH is 1. The Balaban J connectivity index is 3.43. The Kier molecular flexibility index (Phi) is 8.17. The maximum atomic E-state index is 10.9. The summed E-state index contributed by atoms with van der Waals surface area (Å²) in [5, 5.41) is 11.8. The van der Waals surface area contributed by atoms with Crippen molar-refractivity contribution in [2.75, 3.05) is 19.8 Å². The number of allylic oxidation sites excluding steroid dienone is 1. The highest BCUT2D eigenvalue weighted by molar-refractivity contribution is 5.87. The van der Waals surface area contributed by atoms with E-state index in [-0.39, 0.29) is 19.1 Å². The molecule has 4 heteroatoms. The van der Waals surface area contributed by atoms with Crippen molar-refractivity contribution in [1.29, 1.82) is 0 Å². The molecule has 1 unspecified atom stereocenters. The third-order valence-corrected chi connectivity index (χ3v) is 1.43. The fourth-order valence-corrected chi connectivity index (χ4v) is 0.809. The fourth-order valence-electron chi connectivity index (χ4n) is 0.809. The first-order chi connectivity index (χ1) is 6.70. The Morgan fingerprint density at radius 1 is 1.71 bits per heavy atom. The Morgan fingerprint density at radius 3 is 3.00 bits per heavy atom. The molecule has 0 aromatic heterocycles. The van der Waals surface area contributed by atoms with Gasteiger partial charge in [0.15, 0.2) is 0 Å². The quantitative estimate of drug-likeness (QED) is 0.458. The standard InChI is InChI=1S/C10H18NO3/c1-3-5-10(13)11-7-9(12)8-14-6-4-2/h3,5,9,12H,2,4,6-8H2,1H3,(H,11,13). The minimum Gasteiger partial charge on any atom is -0.389 e. The summed E-state index contributed by atoms with van der Waals surface area (Å²) in [6.07, 6.45) is 3.07. The van der Waals surface area contributed by atoms with Gasteiger partial charge in [-0.3, -0.25) is 4.79 Å². The molecule has 0 bridgehead atoms. The SMILES string of the molecule is [CH2]CCOCC(O)CNC(=O)C=CC. The molecule has 0 aromatic rings. The van der Waals surface area contributed by atoms with Crippen molar-refractivity contribution in [2.24, 2.45) is 0 Å². The summed E-state index contributed by atoms with van der Waals surface area (Å²) < 4.78 is 5.06. The van der Waals surface area contributed by atoms with Gasteiger partial charge in [0.2, 0.25) is 5.91 Å². The number of nitrogens with one attached hydrogen (secondary N) is 1. The molecule has 81 valence electrons. The second-order valence-corrected chi connectivity index (χ2v) is 2.83. The molecule has 1 radical (unpaired) electrons. The molecular formula is C10H18NO3. The molecule has 0 heterocycles. The number of amides is 1. The van der Waals surface area contributed by atoms with Crippen molar-refractivity contribution in [1.82, 2.24) is 5.32 Å². The van der Waals surface area contributed by atoms with Gasteiger partial charge in [0.05, 0.1) is 12.7 Å². The third-order valence-electron chi connectivity index (χ3n) is 1.43. The molecule has 4 nitrogen and oxygen atoms in total. The molecular weight excluding hydrogens is 182 g/mol. The van der Waals surface area contributed by atoms with Gasteiger partial charge in [-0.2, -0.15) is 0 Å². The van der Waals surface area contributed by atoms with Crippen LogP contribution in [0.4, 0.5) is 0 Å². The van der Waals surface area contributed by atoms with Crippen molar-refractivity contribution in [2.45, 2.75) is 19.4 Å². The number of ether oxygens (including phenoxy) is 1. The van der Waals surface area contributed by atoms with E-state index in [1.807, 2.05) is 0 Å². The number of hydrogen-bond acceptors (Lipinski definition) is 3. The van der Waals surface area contributed by atoms with Crippen LogP contribution in [0.3, 0.4) is 0 Å². The third kappa shape index (κ3) is 7.76. The molecule has 0 spiro atoms. The van der Waals surface area contributed by atoms with Gasteiger partial charge < -0.3 is 15.2 Å². The summed E-state index contributed by atoms with van der Waals surface area (Å²) in [5.41, 5.74) is 0. The van der Waals surface area contributed by atoms with Crippen LogP contribution < -0.4 is 5.32 Å². The lowest BCUT2D eigenvalue weighted by molar-refractivity contribution is -0.117. The van der Waals surface area contributed by atoms with Gasteiger partial charge in [0.1, 0.15) is 0 Å². The summed E-state index contributed by atoms with van der Waals surface area (Å²) in [4.78, 5) is 10.9. The second kappa shape index (κ2) is 8.72. The van der Waals surface area contributed by atoms with Crippen LogP contribution in [0, 0.1) is 6.92 Å². The minimum absolute atomic E-state index is 0.205. The molecule has 1 amide bonds. The lowest BCUT2D eigenvalue weighted by Crippen LogP contribution is -2.33. The number of rotatable bonds is 7. The molecule has 0 aliphatic heterocycles. The Bertz CT molecular complexity index is 180. The molecule has 1 atom stereocenters. The van der Waals surface area contributed by atoms with Crippen LogP contribution in [-0.4, -0.2) is 36.9 Å². The molecule has 0 aliphatic rings. The zero-order chi connectivity index (χ0) is 10.8. The first-order valence-corrected chi connectivity index (χ1v) is 4.66. The molecule has 0 saturated heterocycles. The van der Waals surface area contributed by atoms with Crippen LogP contribution in [0.5, 0.6) is 0 Å². The number of carbonyl (C=O) groups is 1. The molecule has 0 rings (SSSR count).